The molecule has 0 aliphatic carbocycles. The van der Waals surface area contributed by atoms with Crippen molar-refractivity contribution in [1.29, 1.82) is 0 Å². The summed E-state index contributed by atoms with van der Waals surface area (Å²) in [6.07, 6.45) is -0.693. The maximum Gasteiger partial charge on any atom is 0.204 e. The normalized spacial score (nSPS) is 12.3. The van der Waals surface area contributed by atoms with Gasteiger partial charge in [-0.1, -0.05) is 30.3 Å². The maximum atomic E-state index is 10.5. The van der Waals surface area contributed by atoms with Gasteiger partial charge in [0.15, 0.2) is 0 Å². The number of aliphatic hydroxyl groups is 2. The molecule has 138 valence electrons. The van der Waals surface area contributed by atoms with Crippen molar-refractivity contribution in [2.24, 2.45) is 0 Å². The molecule has 3 aromatic rings. The van der Waals surface area contributed by atoms with E-state index in [4.69, 9.17) is 9.84 Å². The number of hydrogen-bond acceptors (Lipinski definition) is 5. The highest BCUT2D eigenvalue weighted by Gasteiger charge is 2.15. The Morgan fingerprint density at radius 2 is 1.85 bits per heavy atom. The van der Waals surface area contributed by atoms with Crippen LogP contribution in [0.5, 0.6) is 5.75 Å². The van der Waals surface area contributed by atoms with E-state index in [1.54, 1.807) is 0 Å². The highest BCUT2D eigenvalue weighted by atomic mass is 16.5. The van der Waals surface area contributed by atoms with E-state index in [2.05, 4.69) is 10.3 Å². The number of aromatic nitrogens is 2. The number of para-hydroxylation sites is 3. The van der Waals surface area contributed by atoms with Crippen LogP contribution < -0.4 is 10.1 Å². The van der Waals surface area contributed by atoms with Gasteiger partial charge in [-0.25, -0.2) is 4.98 Å². The van der Waals surface area contributed by atoms with Crippen LogP contribution in [0.25, 0.3) is 11.0 Å². The lowest BCUT2D eigenvalue weighted by Crippen LogP contribution is -2.25. The van der Waals surface area contributed by atoms with Crippen LogP contribution in [0.3, 0.4) is 0 Å². The Bertz CT molecular complexity index is 856. The molecular formula is C20H25N3O3. The monoisotopic (exact) mass is 355 g/mol. The van der Waals surface area contributed by atoms with E-state index >= 15 is 0 Å². The molecule has 0 unspecified atom stereocenters. The molecule has 3 rings (SSSR count). The molecule has 0 fully saturated rings. The molecule has 1 heterocycles. The summed E-state index contributed by atoms with van der Waals surface area (Å²) in [7, 11) is 0. The summed E-state index contributed by atoms with van der Waals surface area (Å²) < 4.78 is 7.79. The van der Waals surface area contributed by atoms with Crippen LogP contribution in [0.4, 0.5) is 5.95 Å². The molecule has 0 saturated heterocycles. The van der Waals surface area contributed by atoms with Gasteiger partial charge in [-0.2, -0.15) is 0 Å². The predicted molar refractivity (Wildman–Crippen MR) is 103 cm³/mol. The SMILES string of the molecule is Cc1cccc(C)c1OC[C@H](O)Cn1c(NCCO)nc2ccccc21. The molecular weight excluding hydrogens is 330 g/mol. The highest BCUT2D eigenvalue weighted by molar-refractivity contribution is 5.78. The summed E-state index contributed by atoms with van der Waals surface area (Å²) in [5.74, 6) is 1.45. The number of imidazole rings is 1. The second-order valence-corrected chi connectivity index (χ2v) is 6.37. The third kappa shape index (κ3) is 3.98. The van der Waals surface area contributed by atoms with Crippen molar-refractivity contribution in [2.45, 2.75) is 26.5 Å². The van der Waals surface area contributed by atoms with Crippen molar-refractivity contribution in [1.82, 2.24) is 9.55 Å². The van der Waals surface area contributed by atoms with Gasteiger partial charge < -0.3 is 24.8 Å². The number of anilines is 1. The van der Waals surface area contributed by atoms with E-state index in [1.165, 1.54) is 0 Å². The van der Waals surface area contributed by atoms with Gasteiger partial charge in [0.2, 0.25) is 5.95 Å². The number of ether oxygens (including phenoxy) is 1. The largest absolute Gasteiger partial charge is 0.490 e. The van der Waals surface area contributed by atoms with Gasteiger partial charge >= 0.3 is 0 Å². The number of nitrogens with one attached hydrogen (secondary N) is 1. The third-order valence-electron chi connectivity index (χ3n) is 4.27. The molecule has 1 atom stereocenters. The highest BCUT2D eigenvalue weighted by Crippen LogP contribution is 2.23. The zero-order valence-corrected chi connectivity index (χ0v) is 15.1. The van der Waals surface area contributed by atoms with Gasteiger partial charge in [0.25, 0.3) is 0 Å². The van der Waals surface area contributed by atoms with E-state index in [-0.39, 0.29) is 13.2 Å². The van der Waals surface area contributed by atoms with Crippen LogP contribution in [0, 0.1) is 13.8 Å². The molecule has 0 saturated carbocycles. The number of aryl methyl sites for hydroxylation is 2. The molecule has 1 aromatic heterocycles. The van der Waals surface area contributed by atoms with Gasteiger partial charge in [0.1, 0.15) is 18.5 Å². The molecule has 0 spiro atoms. The molecule has 0 amide bonds. The van der Waals surface area contributed by atoms with Crippen molar-refractivity contribution in [2.75, 3.05) is 25.1 Å². The van der Waals surface area contributed by atoms with E-state index < -0.39 is 6.10 Å². The minimum atomic E-state index is -0.693. The summed E-state index contributed by atoms with van der Waals surface area (Å²) in [5.41, 5.74) is 3.88. The minimum Gasteiger partial charge on any atom is -0.490 e. The topological polar surface area (TPSA) is 79.5 Å². The summed E-state index contributed by atoms with van der Waals surface area (Å²) in [5, 5.41) is 22.7. The van der Waals surface area contributed by atoms with Gasteiger partial charge in [0, 0.05) is 6.54 Å². The summed E-state index contributed by atoms with van der Waals surface area (Å²) in [6.45, 7) is 4.95. The van der Waals surface area contributed by atoms with E-state index in [9.17, 15) is 5.11 Å². The molecule has 6 nitrogen and oxygen atoms in total. The average molecular weight is 355 g/mol. The lowest BCUT2D eigenvalue weighted by molar-refractivity contribution is 0.0932. The Labute approximate surface area is 153 Å². The number of nitrogens with zero attached hydrogens (tertiary/aromatic N) is 2. The first-order chi connectivity index (χ1) is 12.6. The lowest BCUT2D eigenvalue weighted by atomic mass is 10.1. The summed E-state index contributed by atoms with van der Waals surface area (Å²) >= 11 is 0. The summed E-state index contributed by atoms with van der Waals surface area (Å²) in [4.78, 5) is 4.54. The maximum absolute atomic E-state index is 10.5. The van der Waals surface area contributed by atoms with Crippen molar-refractivity contribution in [3.05, 3.63) is 53.6 Å². The lowest BCUT2D eigenvalue weighted by Gasteiger charge is -2.17. The van der Waals surface area contributed by atoms with E-state index in [0.29, 0.717) is 19.0 Å². The van der Waals surface area contributed by atoms with Crippen molar-refractivity contribution in [3.8, 4) is 5.75 Å². The molecule has 6 heteroatoms. The van der Waals surface area contributed by atoms with Crippen LogP contribution in [0.15, 0.2) is 42.5 Å². The third-order valence-corrected chi connectivity index (χ3v) is 4.27. The van der Waals surface area contributed by atoms with Crippen LogP contribution in [0.2, 0.25) is 0 Å². The van der Waals surface area contributed by atoms with Crippen LogP contribution in [-0.2, 0) is 6.54 Å². The Kier molecular flexibility index (Phi) is 5.75. The zero-order valence-electron chi connectivity index (χ0n) is 15.1. The predicted octanol–water partition coefficient (Wildman–Crippen LogP) is 2.50. The first-order valence-electron chi connectivity index (χ1n) is 8.77. The smallest absolute Gasteiger partial charge is 0.204 e. The average Bonchev–Trinajstić information content (AvgIpc) is 2.97. The quantitative estimate of drug-likeness (QED) is 0.579. The van der Waals surface area contributed by atoms with Crippen molar-refractivity contribution < 1.29 is 14.9 Å². The first-order valence-corrected chi connectivity index (χ1v) is 8.77. The van der Waals surface area contributed by atoms with E-state index in [1.807, 2.05) is 60.9 Å². The fraction of sp³-hybridized carbons (Fsp3) is 0.350. The molecule has 26 heavy (non-hydrogen) atoms. The van der Waals surface area contributed by atoms with Crippen molar-refractivity contribution >= 4 is 17.0 Å². The first kappa shape index (κ1) is 18.2. The summed E-state index contributed by atoms with van der Waals surface area (Å²) in [6, 6.07) is 13.7. The fourth-order valence-electron chi connectivity index (χ4n) is 3.03. The van der Waals surface area contributed by atoms with E-state index in [0.717, 1.165) is 27.9 Å². The van der Waals surface area contributed by atoms with Crippen LogP contribution in [-0.4, -0.2) is 45.6 Å². The molecule has 0 bridgehead atoms. The fourth-order valence-corrected chi connectivity index (χ4v) is 3.03. The number of rotatable bonds is 8. The zero-order chi connectivity index (χ0) is 18.5. The Morgan fingerprint density at radius 3 is 2.58 bits per heavy atom. The van der Waals surface area contributed by atoms with Gasteiger partial charge in [-0.05, 0) is 37.1 Å². The molecule has 0 radical (unpaired) electrons. The Morgan fingerprint density at radius 1 is 1.12 bits per heavy atom. The van der Waals surface area contributed by atoms with Gasteiger partial charge in [-0.3, -0.25) is 0 Å². The minimum absolute atomic E-state index is 0.0153. The molecule has 0 aliphatic heterocycles. The van der Waals surface area contributed by atoms with Gasteiger partial charge in [0.05, 0.1) is 24.2 Å². The van der Waals surface area contributed by atoms with Crippen molar-refractivity contribution in [3.63, 3.8) is 0 Å². The molecule has 0 aliphatic rings. The number of benzene rings is 2. The molecule has 3 N–H and O–H groups in total. The van der Waals surface area contributed by atoms with Crippen LogP contribution >= 0.6 is 0 Å². The Balaban J connectivity index is 1.75. The molecule has 2 aromatic carbocycles. The van der Waals surface area contributed by atoms with Gasteiger partial charge in [-0.15, -0.1) is 0 Å². The second-order valence-electron chi connectivity index (χ2n) is 6.37. The second kappa shape index (κ2) is 8.21. The number of fused-ring (bicyclic) bond motifs is 1. The Hall–Kier alpha value is -2.57. The number of hydrogen-bond donors (Lipinski definition) is 3. The standard InChI is InChI=1S/C20H25N3O3/c1-14-6-5-7-15(2)19(14)26-13-16(25)12-23-18-9-4-3-8-17(18)22-20(23)21-10-11-24/h3-9,16,24-25H,10-13H2,1-2H3,(H,21,22)/t16-/m1/s1. The number of aliphatic hydroxyl groups excluding tert-OH is 2. The van der Waals surface area contributed by atoms with Crippen LogP contribution in [0.1, 0.15) is 11.1 Å².